The van der Waals surface area contributed by atoms with Gasteiger partial charge < -0.3 is 24.4 Å². The Morgan fingerprint density at radius 3 is 2.56 bits per heavy atom. The van der Waals surface area contributed by atoms with Crippen molar-refractivity contribution in [3.63, 3.8) is 0 Å². The predicted molar refractivity (Wildman–Crippen MR) is 97.7 cm³/mol. The number of morpholine rings is 1. The summed E-state index contributed by atoms with van der Waals surface area (Å²) in [6.07, 6.45) is 3.06. The van der Waals surface area contributed by atoms with Gasteiger partial charge in [0.15, 0.2) is 5.79 Å². The third-order valence-corrected chi connectivity index (χ3v) is 5.37. The Kier molecular flexibility index (Phi) is 5.82. The van der Waals surface area contributed by atoms with Crippen LogP contribution in [0.25, 0.3) is 0 Å². The number of nitrogens with zero attached hydrogens (tertiary/aromatic N) is 4. The van der Waals surface area contributed by atoms with Gasteiger partial charge in [0.05, 0.1) is 26.4 Å². The third-order valence-electron chi connectivity index (χ3n) is 5.37. The van der Waals surface area contributed by atoms with Crippen molar-refractivity contribution in [3.8, 4) is 0 Å². The number of amides is 1. The summed E-state index contributed by atoms with van der Waals surface area (Å²) in [5.74, 6) is 0.197. The fourth-order valence-corrected chi connectivity index (χ4v) is 3.75. The van der Waals surface area contributed by atoms with E-state index in [9.17, 15) is 4.79 Å². The highest BCUT2D eigenvalue weighted by molar-refractivity contribution is 5.92. The van der Waals surface area contributed by atoms with Crippen LogP contribution < -0.4 is 10.2 Å². The quantitative estimate of drug-likeness (QED) is 0.760. The zero-order valence-electron chi connectivity index (χ0n) is 15.6. The van der Waals surface area contributed by atoms with Crippen molar-refractivity contribution in [2.75, 3.05) is 70.6 Å². The van der Waals surface area contributed by atoms with E-state index in [-0.39, 0.29) is 5.91 Å². The van der Waals surface area contributed by atoms with E-state index < -0.39 is 5.79 Å². The molecule has 148 valence electrons. The predicted octanol–water partition coefficient (Wildman–Crippen LogP) is -0.118. The van der Waals surface area contributed by atoms with Crippen LogP contribution in [-0.2, 0) is 14.2 Å². The Hall–Kier alpha value is -1.81. The molecule has 1 aromatic heterocycles. The zero-order valence-corrected chi connectivity index (χ0v) is 15.6. The number of piperidine rings is 1. The van der Waals surface area contributed by atoms with Gasteiger partial charge in [-0.2, -0.15) is 0 Å². The molecule has 3 fully saturated rings. The van der Waals surface area contributed by atoms with Gasteiger partial charge in [-0.15, -0.1) is 0 Å². The molecule has 3 saturated heterocycles. The number of carbonyl (C=O) groups excluding carboxylic acids is 1. The van der Waals surface area contributed by atoms with Crippen molar-refractivity contribution < 1.29 is 19.0 Å². The molecule has 9 heteroatoms. The second kappa shape index (κ2) is 8.47. The Morgan fingerprint density at radius 2 is 1.81 bits per heavy atom. The molecule has 0 aliphatic carbocycles. The maximum atomic E-state index is 12.4. The van der Waals surface area contributed by atoms with Crippen molar-refractivity contribution in [3.05, 3.63) is 18.1 Å². The molecule has 27 heavy (non-hydrogen) atoms. The van der Waals surface area contributed by atoms with Crippen LogP contribution in [-0.4, -0.2) is 92.3 Å². The summed E-state index contributed by atoms with van der Waals surface area (Å²) in [4.78, 5) is 25.3. The van der Waals surface area contributed by atoms with Crippen LogP contribution in [0, 0.1) is 0 Å². The van der Waals surface area contributed by atoms with Gasteiger partial charge >= 0.3 is 0 Å². The van der Waals surface area contributed by atoms with Gasteiger partial charge in [0.25, 0.3) is 5.91 Å². The highest BCUT2D eigenvalue weighted by atomic mass is 16.7. The van der Waals surface area contributed by atoms with E-state index in [1.54, 1.807) is 6.07 Å². The molecule has 4 rings (SSSR count). The van der Waals surface area contributed by atoms with E-state index in [4.69, 9.17) is 14.2 Å². The van der Waals surface area contributed by atoms with Crippen LogP contribution in [0.5, 0.6) is 0 Å². The molecule has 0 saturated carbocycles. The van der Waals surface area contributed by atoms with Crippen molar-refractivity contribution in [2.45, 2.75) is 18.6 Å². The number of carbonyl (C=O) groups is 1. The van der Waals surface area contributed by atoms with Gasteiger partial charge in [-0.3, -0.25) is 9.69 Å². The van der Waals surface area contributed by atoms with Crippen LogP contribution in [0.4, 0.5) is 5.82 Å². The lowest BCUT2D eigenvalue weighted by Gasteiger charge is -2.38. The number of aromatic nitrogens is 2. The minimum Gasteiger partial charge on any atom is -0.379 e. The fraction of sp³-hybridized carbons (Fsp3) is 0.722. The van der Waals surface area contributed by atoms with Gasteiger partial charge in [0.2, 0.25) is 0 Å². The van der Waals surface area contributed by atoms with Crippen LogP contribution in [0.2, 0.25) is 0 Å². The molecule has 1 amide bonds. The van der Waals surface area contributed by atoms with E-state index >= 15 is 0 Å². The molecule has 3 aliphatic rings. The summed E-state index contributed by atoms with van der Waals surface area (Å²) >= 11 is 0. The van der Waals surface area contributed by atoms with Crippen LogP contribution in [0.1, 0.15) is 23.3 Å². The molecule has 1 spiro atoms. The zero-order chi connectivity index (χ0) is 18.5. The summed E-state index contributed by atoms with van der Waals surface area (Å²) in [5, 5.41) is 2.95. The molecule has 9 nitrogen and oxygen atoms in total. The van der Waals surface area contributed by atoms with Gasteiger partial charge in [0.1, 0.15) is 17.8 Å². The lowest BCUT2D eigenvalue weighted by atomic mass is 10.0. The first kappa shape index (κ1) is 18.5. The van der Waals surface area contributed by atoms with Gasteiger partial charge in [0, 0.05) is 58.2 Å². The van der Waals surface area contributed by atoms with E-state index in [1.807, 2.05) is 0 Å². The van der Waals surface area contributed by atoms with Crippen LogP contribution in [0.3, 0.4) is 0 Å². The Labute approximate surface area is 159 Å². The Balaban J connectivity index is 1.28. The largest absolute Gasteiger partial charge is 0.379 e. The van der Waals surface area contributed by atoms with Crippen LogP contribution >= 0.6 is 0 Å². The molecule has 4 heterocycles. The second-order valence-electron chi connectivity index (χ2n) is 7.07. The maximum absolute atomic E-state index is 12.4. The fourth-order valence-electron chi connectivity index (χ4n) is 3.75. The normalized spacial score (nSPS) is 22.9. The summed E-state index contributed by atoms with van der Waals surface area (Å²) in [5.41, 5.74) is 0.399. The summed E-state index contributed by atoms with van der Waals surface area (Å²) in [7, 11) is 0. The van der Waals surface area contributed by atoms with Crippen molar-refractivity contribution in [1.29, 1.82) is 0 Å². The van der Waals surface area contributed by atoms with Crippen molar-refractivity contribution in [2.24, 2.45) is 0 Å². The van der Waals surface area contributed by atoms with Crippen molar-refractivity contribution in [1.82, 2.24) is 20.2 Å². The summed E-state index contributed by atoms with van der Waals surface area (Å²) in [6, 6.07) is 1.76. The lowest BCUT2D eigenvalue weighted by Crippen LogP contribution is -2.45. The first-order valence-corrected chi connectivity index (χ1v) is 9.67. The molecular formula is C18H27N5O4. The number of nitrogens with one attached hydrogen (secondary N) is 1. The van der Waals surface area contributed by atoms with Gasteiger partial charge in [-0.05, 0) is 0 Å². The number of hydrogen-bond acceptors (Lipinski definition) is 8. The number of anilines is 1. The highest BCUT2D eigenvalue weighted by Gasteiger charge is 2.40. The Bertz CT molecular complexity index is 636. The molecular weight excluding hydrogens is 350 g/mol. The molecule has 0 radical (unpaired) electrons. The van der Waals surface area contributed by atoms with E-state index in [0.29, 0.717) is 25.5 Å². The van der Waals surface area contributed by atoms with E-state index in [1.165, 1.54) is 6.33 Å². The average Bonchev–Trinajstić information content (AvgIpc) is 3.17. The lowest BCUT2D eigenvalue weighted by molar-refractivity contribution is -0.169. The van der Waals surface area contributed by atoms with E-state index in [0.717, 1.165) is 64.6 Å². The first-order valence-electron chi connectivity index (χ1n) is 9.67. The highest BCUT2D eigenvalue weighted by Crippen LogP contribution is 2.32. The molecule has 3 aliphatic heterocycles. The number of ether oxygens (including phenoxy) is 3. The van der Waals surface area contributed by atoms with Crippen LogP contribution in [0.15, 0.2) is 12.4 Å². The van der Waals surface area contributed by atoms with Gasteiger partial charge in [-0.25, -0.2) is 9.97 Å². The third kappa shape index (κ3) is 4.55. The summed E-state index contributed by atoms with van der Waals surface area (Å²) < 4.78 is 16.9. The number of hydrogen-bond donors (Lipinski definition) is 1. The molecule has 0 aromatic carbocycles. The standard InChI is InChI=1S/C18H27N5O4/c24-17(19-3-6-22-7-9-25-10-8-22)15-13-16(21-14-20-15)23-4-1-18(2-5-23)26-11-12-27-18/h13-14H,1-12H2,(H,19,24). The van der Waals surface area contributed by atoms with E-state index in [2.05, 4.69) is 25.1 Å². The topological polar surface area (TPSA) is 89.1 Å². The average molecular weight is 377 g/mol. The summed E-state index contributed by atoms with van der Waals surface area (Å²) in [6.45, 7) is 7.68. The molecule has 0 atom stereocenters. The number of rotatable bonds is 5. The monoisotopic (exact) mass is 377 g/mol. The van der Waals surface area contributed by atoms with Gasteiger partial charge in [-0.1, -0.05) is 0 Å². The molecule has 0 unspecified atom stereocenters. The molecule has 1 aromatic rings. The molecule has 0 bridgehead atoms. The smallest absolute Gasteiger partial charge is 0.270 e. The minimum atomic E-state index is -0.413. The van der Waals surface area contributed by atoms with Crippen molar-refractivity contribution >= 4 is 11.7 Å². The first-order chi connectivity index (χ1) is 13.2. The Morgan fingerprint density at radius 1 is 1.07 bits per heavy atom. The molecule has 1 N–H and O–H groups in total. The maximum Gasteiger partial charge on any atom is 0.270 e. The minimum absolute atomic E-state index is 0.164. The second-order valence-corrected chi connectivity index (χ2v) is 7.07. The SMILES string of the molecule is O=C(NCCN1CCOCC1)c1cc(N2CCC3(CC2)OCCO3)ncn1.